The molecule has 0 aliphatic carbocycles. The first-order valence-corrected chi connectivity index (χ1v) is 2.58. The zero-order chi connectivity index (χ0) is 6.85. The standard InChI is InChI=1S/C6H8N2O/c1-3-6-5(4-7)8(2)9-6/h3-4,7H,1H2,2H3. The van der Waals surface area contributed by atoms with E-state index in [1.165, 1.54) is 11.0 Å². The van der Waals surface area contributed by atoms with Crippen LogP contribution in [0.5, 0.6) is 0 Å². The molecule has 0 unspecified atom stereocenters. The summed E-state index contributed by atoms with van der Waals surface area (Å²) in [4.78, 5) is 0. The molecule has 1 aromatic rings. The molecule has 3 heteroatoms. The molecular weight excluding hydrogens is 116 g/mol. The van der Waals surface area contributed by atoms with E-state index in [1.54, 1.807) is 13.1 Å². The van der Waals surface area contributed by atoms with Crippen molar-refractivity contribution < 1.29 is 4.52 Å². The third-order valence-corrected chi connectivity index (χ3v) is 1.15. The van der Waals surface area contributed by atoms with Crippen LogP contribution in [-0.4, -0.2) is 11.0 Å². The summed E-state index contributed by atoms with van der Waals surface area (Å²) < 4.78 is 6.45. The van der Waals surface area contributed by atoms with Gasteiger partial charge in [-0.1, -0.05) is 6.58 Å². The molecule has 0 saturated carbocycles. The Bertz CT molecular complexity index is 232. The fraction of sp³-hybridized carbons (Fsp3) is 0.167. The molecule has 0 atom stereocenters. The van der Waals surface area contributed by atoms with Crippen molar-refractivity contribution in [3.63, 3.8) is 0 Å². The highest BCUT2D eigenvalue weighted by Crippen LogP contribution is 2.10. The van der Waals surface area contributed by atoms with E-state index in [0.29, 0.717) is 5.76 Å². The first-order chi connectivity index (χ1) is 4.29. The van der Waals surface area contributed by atoms with Crippen molar-refractivity contribution in [1.29, 1.82) is 5.41 Å². The molecule has 0 fully saturated rings. The second kappa shape index (κ2) is 1.93. The number of nitrogens with zero attached hydrogens (tertiary/aromatic N) is 1. The monoisotopic (exact) mass is 124 g/mol. The van der Waals surface area contributed by atoms with Crippen LogP contribution in [0.4, 0.5) is 0 Å². The summed E-state index contributed by atoms with van der Waals surface area (Å²) in [6.07, 6.45) is 2.82. The number of aryl methyl sites for hydroxylation is 1. The lowest BCUT2D eigenvalue weighted by atomic mass is 10.3. The van der Waals surface area contributed by atoms with E-state index in [1.807, 2.05) is 0 Å². The van der Waals surface area contributed by atoms with E-state index in [9.17, 15) is 0 Å². The Morgan fingerprint density at radius 3 is 2.67 bits per heavy atom. The van der Waals surface area contributed by atoms with E-state index in [0.717, 1.165) is 5.69 Å². The van der Waals surface area contributed by atoms with Crippen molar-refractivity contribution in [1.82, 2.24) is 4.74 Å². The van der Waals surface area contributed by atoms with Crippen LogP contribution in [0.15, 0.2) is 11.1 Å². The van der Waals surface area contributed by atoms with E-state index in [4.69, 9.17) is 9.93 Å². The molecule has 0 radical (unpaired) electrons. The number of hydrogen-bond donors (Lipinski definition) is 1. The van der Waals surface area contributed by atoms with Gasteiger partial charge in [0.25, 0.3) is 0 Å². The summed E-state index contributed by atoms with van der Waals surface area (Å²) in [7, 11) is 1.74. The van der Waals surface area contributed by atoms with Crippen molar-refractivity contribution in [2.24, 2.45) is 7.05 Å². The molecule has 1 heterocycles. The van der Waals surface area contributed by atoms with Gasteiger partial charge in [0.05, 0.1) is 0 Å². The molecule has 9 heavy (non-hydrogen) atoms. The zero-order valence-corrected chi connectivity index (χ0v) is 5.22. The number of hydrogen-bond acceptors (Lipinski definition) is 2. The van der Waals surface area contributed by atoms with Gasteiger partial charge in [-0.2, -0.15) is 0 Å². The number of aromatic nitrogens is 1. The molecule has 1 rings (SSSR count). The Morgan fingerprint density at radius 1 is 1.78 bits per heavy atom. The first kappa shape index (κ1) is 5.88. The SMILES string of the molecule is C=Cc1on(C)c1C=N. The number of rotatable bonds is 2. The maximum absolute atomic E-state index is 6.87. The third-order valence-electron chi connectivity index (χ3n) is 1.15. The molecule has 0 aliphatic heterocycles. The Hall–Kier alpha value is -1.25. The van der Waals surface area contributed by atoms with Gasteiger partial charge in [-0.25, -0.2) is 4.74 Å². The van der Waals surface area contributed by atoms with E-state index >= 15 is 0 Å². The molecule has 3 nitrogen and oxygen atoms in total. The van der Waals surface area contributed by atoms with Crippen molar-refractivity contribution in [2.45, 2.75) is 0 Å². The molecule has 0 aliphatic rings. The van der Waals surface area contributed by atoms with Crippen LogP contribution in [0.2, 0.25) is 0 Å². The lowest BCUT2D eigenvalue weighted by Gasteiger charge is -2.09. The lowest BCUT2D eigenvalue weighted by molar-refractivity contribution is 0.235. The highest BCUT2D eigenvalue weighted by molar-refractivity contribution is 5.79. The molecule has 0 bridgehead atoms. The van der Waals surface area contributed by atoms with Crippen LogP contribution in [0, 0.1) is 5.41 Å². The lowest BCUT2D eigenvalue weighted by Crippen LogP contribution is -2.08. The van der Waals surface area contributed by atoms with Gasteiger partial charge in [-0.3, -0.25) is 0 Å². The molecule has 1 N–H and O–H groups in total. The van der Waals surface area contributed by atoms with Gasteiger partial charge in [0.15, 0.2) is 5.76 Å². The smallest absolute Gasteiger partial charge is 0.182 e. The summed E-state index contributed by atoms with van der Waals surface area (Å²) >= 11 is 0. The quantitative estimate of drug-likeness (QED) is 0.592. The summed E-state index contributed by atoms with van der Waals surface area (Å²) in [6.45, 7) is 3.50. The van der Waals surface area contributed by atoms with Crippen LogP contribution < -0.4 is 0 Å². The Labute approximate surface area is 53.1 Å². The molecule has 0 saturated heterocycles. The van der Waals surface area contributed by atoms with Crippen molar-refractivity contribution in [2.75, 3.05) is 0 Å². The van der Waals surface area contributed by atoms with Crippen molar-refractivity contribution >= 4 is 12.3 Å². The predicted molar refractivity (Wildman–Crippen MR) is 35.7 cm³/mol. The largest absolute Gasteiger partial charge is 0.377 e. The van der Waals surface area contributed by atoms with Crippen LogP contribution in [0.1, 0.15) is 11.5 Å². The van der Waals surface area contributed by atoms with E-state index in [2.05, 4.69) is 6.58 Å². The average molecular weight is 124 g/mol. The molecular formula is C6H8N2O. The Morgan fingerprint density at radius 2 is 2.44 bits per heavy atom. The summed E-state index contributed by atoms with van der Waals surface area (Å²) in [5.74, 6) is 0.674. The molecule has 0 amide bonds. The summed E-state index contributed by atoms with van der Waals surface area (Å²) in [5, 5.41) is 6.87. The maximum Gasteiger partial charge on any atom is 0.182 e. The molecule has 1 aromatic heterocycles. The highest BCUT2D eigenvalue weighted by atomic mass is 16.5. The average Bonchev–Trinajstić information content (AvgIpc) is 1.83. The zero-order valence-electron chi connectivity index (χ0n) is 5.22. The molecule has 0 spiro atoms. The number of nitrogens with one attached hydrogen (secondary N) is 1. The summed E-state index contributed by atoms with van der Waals surface area (Å²) in [6, 6.07) is 0. The third kappa shape index (κ3) is 0.700. The second-order valence-electron chi connectivity index (χ2n) is 1.69. The van der Waals surface area contributed by atoms with Gasteiger partial charge in [0, 0.05) is 13.3 Å². The minimum absolute atomic E-state index is 0.674. The van der Waals surface area contributed by atoms with Crippen LogP contribution >= 0.6 is 0 Å². The first-order valence-electron chi connectivity index (χ1n) is 2.58. The maximum atomic E-state index is 6.87. The molecule has 0 aromatic carbocycles. The van der Waals surface area contributed by atoms with Gasteiger partial charge >= 0.3 is 0 Å². The van der Waals surface area contributed by atoms with Gasteiger partial charge in [-0.15, -0.1) is 0 Å². The van der Waals surface area contributed by atoms with Crippen molar-refractivity contribution in [3.8, 4) is 0 Å². The van der Waals surface area contributed by atoms with Gasteiger partial charge in [-0.05, 0) is 6.08 Å². The topological polar surface area (TPSA) is 41.9 Å². The van der Waals surface area contributed by atoms with Crippen LogP contribution in [0.25, 0.3) is 6.08 Å². The minimum Gasteiger partial charge on any atom is -0.377 e. The van der Waals surface area contributed by atoms with Gasteiger partial charge in [0.1, 0.15) is 5.69 Å². The van der Waals surface area contributed by atoms with E-state index in [-0.39, 0.29) is 0 Å². The Kier molecular flexibility index (Phi) is 1.26. The fourth-order valence-corrected chi connectivity index (χ4v) is 0.663. The highest BCUT2D eigenvalue weighted by Gasteiger charge is 2.06. The van der Waals surface area contributed by atoms with Gasteiger partial charge in [0.2, 0.25) is 0 Å². The normalized spacial score (nSPS) is 9.44. The van der Waals surface area contributed by atoms with Crippen LogP contribution in [-0.2, 0) is 7.05 Å². The van der Waals surface area contributed by atoms with E-state index < -0.39 is 0 Å². The van der Waals surface area contributed by atoms with Gasteiger partial charge < -0.3 is 9.93 Å². The fourth-order valence-electron chi connectivity index (χ4n) is 0.663. The van der Waals surface area contributed by atoms with Crippen LogP contribution in [0.3, 0.4) is 0 Å². The predicted octanol–water partition coefficient (Wildman–Crippen LogP) is 1.26. The summed E-state index contributed by atoms with van der Waals surface area (Å²) in [5.41, 5.74) is 0.769. The minimum atomic E-state index is 0.674. The van der Waals surface area contributed by atoms with Crippen molar-refractivity contribution in [3.05, 3.63) is 18.0 Å². The molecule has 48 valence electrons. The second-order valence-corrected chi connectivity index (χ2v) is 1.69. The Balaban J connectivity index is 2.98.